The van der Waals surface area contributed by atoms with Gasteiger partial charge in [0.25, 0.3) is 5.91 Å². The summed E-state index contributed by atoms with van der Waals surface area (Å²) in [6.45, 7) is 0. The minimum atomic E-state index is -0.414. The molecule has 6 nitrogen and oxygen atoms in total. The zero-order valence-electron chi connectivity index (χ0n) is 13.7. The van der Waals surface area contributed by atoms with Crippen LogP contribution in [0.5, 0.6) is 5.75 Å². The third-order valence-corrected chi connectivity index (χ3v) is 4.25. The van der Waals surface area contributed by atoms with Crippen molar-refractivity contribution >= 4 is 35.3 Å². The van der Waals surface area contributed by atoms with Gasteiger partial charge < -0.3 is 4.74 Å². The predicted molar refractivity (Wildman–Crippen MR) is 102 cm³/mol. The van der Waals surface area contributed by atoms with E-state index in [1.54, 1.807) is 37.4 Å². The Morgan fingerprint density at radius 3 is 2.81 bits per heavy atom. The second-order valence-corrected chi connectivity index (χ2v) is 6.09. The van der Waals surface area contributed by atoms with E-state index in [1.165, 1.54) is 6.21 Å². The van der Waals surface area contributed by atoms with Crippen LogP contribution in [0.25, 0.3) is 11.3 Å². The summed E-state index contributed by atoms with van der Waals surface area (Å²) in [6, 6.07) is 14.0. The molecule has 3 rings (SSSR count). The van der Waals surface area contributed by atoms with Crippen LogP contribution in [0.4, 0.5) is 0 Å². The monoisotopic (exact) mass is 388 g/mol. The zero-order chi connectivity index (χ0) is 18.5. The van der Waals surface area contributed by atoms with Crippen molar-refractivity contribution in [2.45, 2.75) is 0 Å². The van der Waals surface area contributed by atoms with Gasteiger partial charge in [-0.15, -0.1) is 0 Å². The summed E-state index contributed by atoms with van der Waals surface area (Å²) in [7, 11) is 1.59. The summed E-state index contributed by atoms with van der Waals surface area (Å²) in [5.41, 5.74) is 4.83. The second kappa shape index (κ2) is 8.03. The van der Waals surface area contributed by atoms with Gasteiger partial charge in [-0.25, -0.2) is 5.43 Å². The molecule has 0 aliphatic rings. The standard InChI is InChI=1S/C18H14Cl2N4O2/c1-26-13-4-2-3-11(7-13)10-21-24-18(25)17-9-16(22-23-17)12-5-6-14(19)15(20)8-12/h2-10H,1H3,(H,22,23)(H,24,25). The van der Waals surface area contributed by atoms with Crippen LogP contribution in [-0.4, -0.2) is 29.4 Å². The maximum Gasteiger partial charge on any atom is 0.289 e. The molecule has 1 heterocycles. The lowest BCUT2D eigenvalue weighted by atomic mass is 10.1. The Balaban J connectivity index is 1.68. The molecule has 0 spiro atoms. The van der Waals surface area contributed by atoms with E-state index in [-0.39, 0.29) is 5.69 Å². The van der Waals surface area contributed by atoms with E-state index < -0.39 is 5.91 Å². The van der Waals surface area contributed by atoms with E-state index in [2.05, 4.69) is 20.7 Å². The van der Waals surface area contributed by atoms with Crippen LogP contribution in [0.3, 0.4) is 0 Å². The van der Waals surface area contributed by atoms with Crippen molar-refractivity contribution in [2.24, 2.45) is 5.10 Å². The van der Waals surface area contributed by atoms with Gasteiger partial charge in [0.1, 0.15) is 11.4 Å². The number of rotatable bonds is 5. The first-order valence-corrected chi connectivity index (χ1v) is 8.30. The first-order chi connectivity index (χ1) is 12.6. The number of ether oxygens (including phenoxy) is 1. The van der Waals surface area contributed by atoms with E-state index in [1.807, 2.05) is 18.2 Å². The van der Waals surface area contributed by atoms with Gasteiger partial charge in [0.2, 0.25) is 0 Å². The lowest BCUT2D eigenvalue weighted by molar-refractivity contribution is 0.0950. The highest BCUT2D eigenvalue weighted by molar-refractivity contribution is 6.42. The Morgan fingerprint density at radius 2 is 2.04 bits per heavy atom. The number of hydrazone groups is 1. The van der Waals surface area contributed by atoms with Gasteiger partial charge in [0.05, 0.1) is 29.1 Å². The SMILES string of the molecule is COc1cccc(C=NNC(=O)c2cc(-c3ccc(Cl)c(Cl)c3)n[nH]2)c1. The number of hydrogen-bond donors (Lipinski definition) is 2. The molecule has 8 heteroatoms. The lowest BCUT2D eigenvalue weighted by Crippen LogP contribution is -2.18. The van der Waals surface area contributed by atoms with Gasteiger partial charge in [-0.1, -0.05) is 41.4 Å². The lowest BCUT2D eigenvalue weighted by Gasteiger charge is -2.00. The summed E-state index contributed by atoms with van der Waals surface area (Å²) < 4.78 is 5.13. The van der Waals surface area contributed by atoms with E-state index in [0.29, 0.717) is 21.5 Å². The van der Waals surface area contributed by atoms with Crippen molar-refractivity contribution in [3.63, 3.8) is 0 Å². The molecule has 132 valence electrons. The molecule has 0 saturated heterocycles. The number of nitrogens with zero attached hydrogens (tertiary/aromatic N) is 2. The highest BCUT2D eigenvalue weighted by Gasteiger charge is 2.11. The molecule has 0 aliphatic carbocycles. The van der Waals surface area contributed by atoms with Crippen molar-refractivity contribution in [3.8, 4) is 17.0 Å². The van der Waals surface area contributed by atoms with Crippen LogP contribution in [0.15, 0.2) is 53.6 Å². The maximum atomic E-state index is 12.2. The first-order valence-electron chi connectivity index (χ1n) is 7.55. The maximum absolute atomic E-state index is 12.2. The number of nitrogens with one attached hydrogen (secondary N) is 2. The van der Waals surface area contributed by atoms with Gasteiger partial charge in [0.15, 0.2) is 0 Å². The van der Waals surface area contributed by atoms with Crippen LogP contribution >= 0.6 is 23.2 Å². The molecule has 2 N–H and O–H groups in total. The summed E-state index contributed by atoms with van der Waals surface area (Å²) in [4.78, 5) is 12.2. The van der Waals surface area contributed by atoms with Crippen molar-refractivity contribution in [2.75, 3.05) is 7.11 Å². The van der Waals surface area contributed by atoms with Crippen LogP contribution in [0.1, 0.15) is 16.1 Å². The topological polar surface area (TPSA) is 79.4 Å². The fourth-order valence-electron chi connectivity index (χ4n) is 2.19. The summed E-state index contributed by atoms with van der Waals surface area (Å²) in [5, 5.41) is 11.6. The van der Waals surface area contributed by atoms with Crippen LogP contribution in [0, 0.1) is 0 Å². The number of carbonyl (C=O) groups is 1. The smallest absolute Gasteiger partial charge is 0.289 e. The average Bonchev–Trinajstić information content (AvgIpc) is 3.14. The Bertz CT molecular complexity index is 969. The predicted octanol–water partition coefficient (Wildman–Crippen LogP) is 4.16. The highest BCUT2D eigenvalue weighted by Crippen LogP contribution is 2.27. The highest BCUT2D eigenvalue weighted by atomic mass is 35.5. The van der Waals surface area contributed by atoms with Gasteiger partial charge in [-0.05, 0) is 35.9 Å². The normalized spacial score (nSPS) is 10.9. The van der Waals surface area contributed by atoms with Crippen molar-refractivity contribution in [1.29, 1.82) is 0 Å². The van der Waals surface area contributed by atoms with E-state index >= 15 is 0 Å². The Labute approximate surface area is 159 Å². The molecule has 2 aromatic carbocycles. The van der Waals surface area contributed by atoms with Crippen LogP contribution < -0.4 is 10.2 Å². The second-order valence-electron chi connectivity index (χ2n) is 5.27. The number of H-pyrrole nitrogens is 1. The van der Waals surface area contributed by atoms with Crippen molar-refractivity contribution in [1.82, 2.24) is 15.6 Å². The molecule has 0 unspecified atom stereocenters. The number of aromatic amines is 1. The fraction of sp³-hybridized carbons (Fsp3) is 0.0556. The fourth-order valence-corrected chi connectivity index (χ4v) is 2.49. The minimum Gasteiger partial charge on any atom is -0.497 e. The molecule has 0 atom stereocenters. The molecule has 0 radical (unpaired) electrons. The molecule has 0 saturated carbocycles. The largest absolute Gasteiger partial charge is 0.497 e. The number of methoxy groups -OCH3 is 1. The number of carbonyl (C=O) groups excluding carboxylic acids is 1. The molecule has 0 bridgehead atoms. The van der Waals surface area contributed by atoms with Crippen molar-refractivity contribution in [3.05, 3.63) is 69.8 Å². The summed E-state index contributed by atoms with van der Waals surface area (Å²) in [6.07, 6.45) is 1.52. The number of halogens is 2. The van der Waals surface area contributed by atoms with E-state index in [4.69, 9.17) is 27.9 Å². The van der Waals surface area contributed by atoms with Gasteiger partial charge in [0, 0.05) is 5.56 Å². The van der Waals surface area contributed by atoms with Crippen molar-refractivity contribution < 1.29 is 9.53 Å². The third kappa shape index (κ3) is 4.22. The first kappa shape index (κ1) is 18.0. The Morgan fingerprint density at radius 1 is 1.19 bits per heavy atom. The van der Waals surface area contributed by atoms with Gasteiger partial charge in [-0.2, -0.15) is 10.2 Å². The molecule has 1 aromatic heterocycles. The molecule has 0 aliphatic heterocycles. The van der Waals surface area contributed by atoms with E-state index in [9.17, 15) is 4.79 Å². The van der Waals surface area contributed by atoms with Crippen LogP contribution in [0.2, 0.25) is 10.0 Å². The molecule has 1 amide bonds. The number of amides is 1. The third-order valence-electron chi connectivity index (χ3n) is 3.51. The quantitative estimate of drug-likeness (QED) is 0.508. The van der Waals surface area contributed by atoms with Gasteiger partial charge in [-0.3, -0.25) is 9.89 Å². The minimum absolute atomic E-state index is 0.272. The Hall–Kier alpha value is -2.83. The van der Waals surface area contributed by atoms with E-state index in [0.717, 1.165) is 11.1 Å². The molecular formula is C18H14Cl2N4O2. The molecule has 0 fully saturated rings. The summed E-state index contributed by atoms with van der Waals surface area (Å²) >= 11 is 11.9. The Kier molecular flexibility index (Phi) is 5.55. The average molecular weight is 389 g/mol. The number of hydrogen-bond acceptors (Lipinski definition) is 4. The molecule has 3 aromatic rings. The zero-order valence-corrected chi connectivity index (χ0v) is 15.2. The molecular weight excluding hydrogens is 375 g/mol. The number of benzene rings is 2. The number of aromatic nitrogens is 2. The van der Waals surface area contributed by atoms with Gasteiger partial charge >= 0.3 is 0 Å². The summed E-state index contributed by atoms with van der Waals surface area (Å²) in [5.74, 6) is 0.295. The molecule has 26 heavy (non-hydrogen) atoms. The van der Waals surface area contributed by atoms with Crippen LogP contribution in [-0.2, 0) is 0 Å².